The van der Waals surface area contributed by atoms with Crippen LogP contribution < -0.4 is 10.5 Å². The summed E-state index contributed by atoms with van der Waals surface area (Å²) in [5.41, 5.74) is 6.61. The van der Waals surface area contributed by atoms with Crippen molar-refractivity contribution in [1.82, 2.24) is 0 Å². The Kier molecular flexibility index (Phi) is 5.60. The summed E-state index contributed by atoms with van der Waals surface area (Å²) in [6.07, 6.45) is 0. The Labute approximate surface area is 139 Å². The second-order valence-electron chi connectivity index (χ2n) is 4.74. The highest BCUT2D eigenvalue weighted by Gasteiger charge is 2.13. The molecule has 23 heavy (non-hydrogen) atoms. The quantitative estimate of drug-likeness (QED) is 0.379. The summed E-state index contributed by atoms with van der Waals surface area (Å²) in [7, 11) is 0. The van der Waals surface area contributed by atoms with Gasteiger partial charge >= 0.3 is 5.97 Å². The van der Waals surface area contributed by atoms with Gasteiger partial charge in [0.25, 0.3) is 0 Å². The predicted octanol–water partition coefficient (Wildman–Crippen LogP) is 3.36. The first-order chi connectivity index (χ1) is 11.0. The molecule has 0 atom stereocenters. The summed E-state index contributed by atoms with van der Waals surface area (Å²) in [4.78, 5) is 23.4. The fraction of sp³-hybridized carbons (Fsp3) is 0.176. The van der Waals surface area contributed by atoms with Crippen molar-refractivity contribution in [2.75, 3.05) is 18.9 Å². The van der Waals surface area contributed by atoms with Crippen LogP contribution in [0, 0.1) is 0 Å². The molecule has 0 unspecified atom stereocenters. The van der Waals surface area contributed by atoms with E-state index in [-0.39, 0.29) is 30.2 Å². The monoisotopic (exact) mass is 333 g/mol. The van der Waals surface area contributed by atoms with Gasteiger partial charge < -0.3 is 15.2 Å². The molecular formula is C17H16ClNO4. The van der Waals surface area contributed by atoms with Crippen LogP contribution in [0.4, 0.5) is 5.69 Å². The molecule has 0 aromatic heterocycles. The molecule has 2 aromatic carbocycles. The topological polar surface area (TPSA) is 78.6 Å². The normalized spacial score (nSPS) is 10.2. The number of Topliss-reactive ketones (excluding diaryl/α,β-unsaturated/α-hetero) is 1. The van der Waals surface area contributed by atoms with Crippen molar-refractivity contribution >= 4 is 29.0 Å². The van der Waals surface area contributed by atoms with Gasteiger partial charge in [-0.3, -0.25) is 4.79 Å². The number of carbonyl (C=O) groups excluding carboxylic acids is 2. The van der Waals surface area contributed by atoms with Crippen molar-refractivity contribution in [3.63, 3.8) is 0 Å². The van der Waals surface area contributed by atoms with E-state index in [0.717, 1.165) is 0 Å². The van der Waals surface area contributed by atoms with Crippen LogP contribution in [0.25, 0.3) is 0 Å². The van der Waals surface area contributed by atoms with Gasteiger partial charge in [0.1, 0.15) is 19.0 Å². The fourth-order valence-electron chi connectivity index (χ4n) is 1.96. The lowest BCUT2D eigenvalue weighted by Gasteiger charge is -2.11. The molecule has 0 fully saturated rings. The molecule has 0 spiro atoms. The molecule has 0 aliphatic rings. The SMILES string of the molecule is CC(=O)c1ccccc1OCCOC(=O)c1cccc(Cl)c1N. The number of hydrogen-bond acceptors (Lipinski definition) is 5. The van der Waals surface area contributed by atoms with Gasteiger partial charge in [0.15, 0.2) is 5.78 Å². The summed E-state index contributed by atoms with van der Waals surface area (Å²) in [6, 6.07) is 11.6. The zero-order valence-corrected chi connectivity index (χ0v) is 13.3. The highest BCUT2D eigenvalue weighted by atomic mass is 35.5. The van der Waals surface area contributed by atoms with E-state index in [1.165, 1.54) is 13.0 Å². The molecule has 0 radical (unpaired) electrons. The number of nitrogens with two attached hydrogens (primary N) is 1. The van der Waals surface area contributed by atoms with E-state index < -0.39 is 5.97 Å². The maximum atomic E-state index is 11.9. The van der Waals surface area contributed by atoms with E-state index >= 15 is 0 Å². The summed E-state index contributed by atoms with van der Waals surface area (Å²) in [6.45, 7) is 1.61. The number of benzene rings is 2. The van der Waals surface area contributed by atoms with Crippen LogP contribution in [0.1, 0.15) is 27.6 Å². The predicted molar refractivity (Wildman–Crippen MR) is 88.1 cm³/mol. The first kappa shape index (κ1) is 16.8. The van der Waals surface area contributed by atoms with Crippen molar-refractivity contribution in [1.29, 1.82) is 0 Å². The average Bonchev–Trinajstić information content (AvgIpc) is 2.54. The zero-order chi connectivity index (χ0) is 16.8. The number of nitrogen functional groups attached to an aromatic ring is 1. The number of anilines is 1. The number of rotatable bonds is 6. The molecule has 0 aliphatic carbocycles. The van der Waals surface area contributed by atoms with E-state index in [9.17, 15) is 9.59 Å². The Morgan fingerprint density at radius 3 is 2.48 bits per heavy atom. The minimum absolute atomic E-state index is 0.0248. The Morgan fingerprint density at radius 1 is 1.04 bits per heavy atom. The summed E-state index contributed by atoms with van der Waals surface area (Å²) < 4.78 is 10.6. The molecule has 0 saturated heterocycles. The van der Waals surface area contributed by atoms with Gasteiger partial charge in [0, 0.05) is 0 Å². The van der Waals surface area contributed by atoms with Crippen LogP contribution in [0.15, 0.2) is 42.5 Å². The average molecular weight is 334 g/mol. The highest BCUT2D eigenvalue weighted by molar-refractivity contribution is 6.33. The lowest BCUT2D eigenvalue weighted by Crippen LogP contribution is -2.14. The van der Waals surface area contributed by atoms with E-state index in [0.29, 0.717) is 16.3 Å². The van der Waals surface area contributed by atoms with Crippen molar-refractivity contribution in [2.45, 2.75) is 6.92 Å². The third kappa shape index (κ3) is 4.23. The number of hydrogen-bond donors (Lipinski definition) is 1. The van der Waals surface area contributed by atoms with Gasteiger partial charge in [0.2, 0.25) is 0 Å². The maximum Gasteiger partial charge on any atom is 0.340 e. The van der Waals surface area contributed by atoms with Crippen LogP contribution in [0.3, 0.4) is 0 Å². The Morgan fingerprint density at radius 2 is 1.74 bits per heavy atom. The first-order valence-electron chi connectivity index (χ1n) is 6.94. The largest absolute Gasteiger partial charge is 0.489 e. The second kappa shape index (κ2) is 7.65. The van der Waals surface area contributed by atoms with Gasteiger partial charge in [-0.05, 0) is 31.2 Å². The fourth-order valence-corrected chi connectivity index (χ4v) is 2.14. The highest BCUT2D eigenvalue weighted by Crippen LogP contribution is 2.23. The van der Waals surface area contributed by atoms with Crippen LogP contribution in [-0.2, 0) is 4.74 Å². The molecule has 2 N–H and O–H groups in total. The summed E-state index contributed by atoms with van der Waals surface area (Å²) in [5.74, 6) is -0.212. The molecule has 0 saturated carbocycles. The molecule has 0 heterocycles. The molecule has 0 amide bonds. The minimum Gasteiger partial charge on any atom is -0.489 e. The van der Waals surface area contributed by atoms with Crippen molar-refractivity contribution in [2.24, 2.45) is 0 Å². The van der Waals surface area contributed by atoms with Crippen molar-refractivity contribution < 1.29 is 19.1 Å². The Bertz CT molecular complexity index is 730. The number of para-hydroxylation sites is 2. The second-order valence-corrected chi connectivity index (χ2v) is 5.14. The van der Waals surface area contributed by atoms with Crippen LogP contribution in [0.2, 0.25) is 5.02 Å². The standard InChI is InChI=1S/C17H16ClNO4/c1-11(20)12-5-2-3-8-15(12)22-9-10-23-17(21)13-6-4-7-14(18)16(13)19/h2-8H,9-10,19H2,1H3. The zero-order valence-electron chi connectivity index (χ0n) is 12.5. The number of halogens is 1. The van der Waals surface area contributed by atoms with Gasteiger partial charge in [-0.15, -0.1) is 0 Å². The van der Waals surface area contributed by atoms with Crippen LogP contribution in [-0.4, -0.2) is 25.0 Å². The van der Waals surface area contributed by atoms with Gasteiger partial charge in [-0.1, -0.05) is 29.8 Å². The number of ketones is 1. The Balaban J connectivity index is 1.90. The molecule has 0 bridgehead atoms. The molecular weight excluding hydrogens is 318 g/mol. The van der Waals surface area contributed by atoms with Gasteiger partial charge in [0.05, 0.1) is 21.8 Å². The maximum absolute atomic E-state index is 11.9. The number of carbonyl (C=O) groups is 2. The smallest absolute Gasteiger partial charge is 0.340 e. The molecule has 2 aromatic rings. The van der Waals surface area contributed by atoms with E-state index in [4.69, 9.17) is 26.8 Å². The Hall–Kier alpha value is -2.53. The molecule has 2 rings (SSSR count). The van der Waals surface area contributed by atoms with Crippen molar-refractivity contribution in [3.05, 3.63) is 58.6 Å². The molecule has 6 heteroatoms. The third-order valence-electron chi connectivity index (χ3n) is 3.11. The lowest BCUT2D eigenvalue weighted by molar-refractivity contribution is 0.0450. The third-order valence-corrected chi connectivity index (χ3v) is 3.44. The van der Waals surface area contributed by atoms with E-state index in [2.05, 4.69) is 0 Å². The van der Waals surface area contributed by atoms with Crippen LogP contribution >= 0.6 is 11.6 Å². The lowest BCUT2D eigenvalue weighted by atomic mass is 10.1. The van der Waals surface area contributed by atoms with E-state index in [1.807, 2.05) is 0 Å². The van der Waals surface area contributed by atoms with Crippen LogP contribution in [0.5, 0.6) is 5.75 Å². The summed E-state index contributed by atoms with van der Waals surface area (Å²) >= 11 is 5.86. The minimum atomic E-state index is -0.576. The van der Waals surface area contributed by atoms with E-state index in [1.54, 1.807) is 36.4 Å². The molecule has 0 aliphatic heterocycles. The molecule has 5 nitrogen and oxygen atoms in total. The van der Waals surface area contributed by atoms with Gasteiger partial charge in [-0.25, -0.2) is 4.79 Å². The first-order valence-corrected chi connectivity index (χ1v) is 7.32. The number of ether oxygens (including phenoxy) is 2. The van der Waals surface area contributed by atoms with Crippen molar-refractivity contribution in [3.8, 4) is 5.75 Å². The number of esters is 1. The summed E-state index contributed by atoms with van der Waals surface area (Å²) in [5, 5.41) is 0.297. The molecule has 120 valence electrons. The van der Waals surface area contributed by atoms with Gasteiger partial charge in [-0.2, -0.15) is 0 Å².